The zero-order valence-corrected chi connectivity index (χ0v) is 10.3. The molecule has 2 heteroatoms. The summed E-state index contributed by atoms with van der Waals surface area (Å²) in [6.45, 7) is 0. The van der Waals surface area contributed by atoms with E-state index >= 15 is 0 Å². The second kappa shape index (κ2) is 6.09. The highest BCUT2D eigenvalue weighted by atomic mass is 32.2. The van der Waals surface area contributed by atoms with Crippen LogP contribution in [0.5, 0.6) is 0 Å². The number of rotatable bonds is 4. The maximum absolute atomic E-state index is 11.3. The number of Topliss-reactive ketones (excluding diaryl/α,β-unsaturated/α-hetero) is 1. The Hall–Kier alpha value is -0.760. The number of hydrogen-bond acceptors (Lipinski definition) is 2. The van der Waals surface area contributed by atoms with Crippen LogP contribution in [0, 0.1) is 5.92 Å². The summed E-state index contributed by atoms with van der Waals surface area (Å²) in [4.78, 5) is 12.6. The summed E-state index contributed by atoms with van der Waals surface area (Å²) < 4.78 is 0. The average molecular weight is 234 g/mol. The predicted octanol–water partition coefficient (Wildman–Crippen LogP) is 3.93. The minimum Gasteiger partial charge on any atom is -0.300 e. The van der Waals surface area contributed by atoms with E-state index in [1.807, 2.05) is 17.8 Å². The van der Waals surface area contributed by atoms with Gasteiger partial charge in [0.2, 0.25) is 0 Å². The van der Waals surface area contributed by atoms with Crippen molar-refractivity contribution in [2.24, 2.45) is 5.92 Å². The highest BCUT2D eigenvalue weighted by Gasteiger charge is 2.18. The Bertz CT molecular complexity index is 334. The largest absolute Gasteiger partial charge is 0.300 e. The summed E-state index contributed by atoms with van der Waals surface area (Å²) in [5.74, 6) is 2.26. The molecule has 1 unspecified atom stereocenters. The van der Waals surface area contributed by atoms with Crippen LogP contribution in [0.15, 0.2) is 35.2 Å². The number of benzene rings is 1. The summed E-state index contributed by atoms with van der Waals surface area (Å²) in [5, 5.41) is 0. The minimum absolute atomic E-state index is 0.473. The Morgan fingerprint density at radius 2 is 2.06 bits per heavy atom. The highest BCUT2D eigenvalue weighted by molar-refractivity contribution is 7.99. The van der Waals surface area contributed by atoms with Crippen LogP contribution in [0.25, 0.3) is 0 Å². The molecule has 0 bridgehead atoms. The lowest BCUT2D eigenvalue weighted by molar-refractivity contribution is -0.121. The summed E-state index contributed by atoms with van der Waals surface area (Å²) in [5.41, 5.74) is 0. The minimum atomic E-state index is 0.473. The molecule has 86 valence electrons. The van der Waals surface area contributed by atoms with Crippen LogP contribution < -0.4 is 0 Å². The molecule has 2 rings (SSSR count). The first kappa shape index (κ1) is 11.7. The van der Waals surface area contributed by atoms with Gasteiger partial charge in [0.1, 0.15) is 5.78 Å². The molecule has 0 spiro atoms. The van der Waals surface area contributed by atoms with Gasteiger partial charge in [-0.15, -0.1) is 11.8 Å². The first-order chi connectivity index (χ1) is 7.84. The molecule has 1 saturated carbocycles. The van der Waals surface area contributed by atoms with Crippen LogP contribution in [0.4, 0.5) is 0 Å². The van der Waals surface area contributed by atoms with Gasteiger partial charge >= 0.3 is 0 Å². The Labute approximate surface area is 102 Å². The second-order valence-corrected chi connectivity index (χ2v) is 5.62. The Balaban J connectivity index is 1.70. The third kappa shape index (κ3) is 3.67. The molecular formula is C14H18OS. The molecule has 1 aromatic carbocycles. The third-order valence-corrected chi connectivity index (χ3v) is 4.17. The van der Waals surface area contributed by atoms with Crippen molar-refractivity contribution >= 4 is 17.5 Å². The molecule has 16 heavy (non-hydrogen) atoms. The summed E-state index contributed by atoms with van der Waals surface area (Å²) in [7, 11) is 0. The van der Waals surface area contributed by atoms with E-state index in [4.69, 9.17) is 0 Å². The van der Waals surface area contributed by atoms with Crippen molar-refractivity contribution in [1.29, 1.82) is 0 Å². The molecule has 0 aromatic heterocycles. The van der Waals surface area contributed by atoms with Crippen LogP contribution in [0.1, 0.15) is 32.1 Å². The van der Waals surface area contributed by atoms with Gasteiger partial charge in [0.05, 0.1) is 0 Å². The summed E-state index contributed by atoms with van der Waals surface area (Å²) in [6.07, 6.45) is 5.20. The van der Waals surface area contributed by atoms with Gasteiger partial charge in [-0.1, -0.05) is 18.2 Å². The monoisotopic (exact) mass is 234 g/mol. The van der Waals surface area contributed by atoms with Gasteiger partial charge in [-0.25, -0.2) is 0 Å². The van der Waals surface area contributed by atoms with E-state index in [9.17, 15) is 4.79 Å². The van der Waals surface area contributed by atoms with E-state index in [1.165, 1.54) is 17.7 Å². The second-order valence-electron chi connectivity index (χ2n) is 4.45. The van der Waals surface area contributed by atoms with Crippen molar-refractivity contribution in [1.82, 2.24) is 0 Å². The zero-order valence-electron chi connectivity index (χ0n) is 9.52. The molecule has 1 fully saturated rings. The molecule has 0 saturated heterocycles. The van der Waals surface area contributed by atoms with E-state index in [0.29, 0.717) is 11.7 Å². The highest BCUT2D eigenvalue weighted by Crippen LogP contribution is 2.27. The van der Waals surface area contributed by atoms with E-state index < -0.39 is 0 Å². The van der Waals surface area contributed by atoms with Gasteiger partial charge in [-0.05, 0) is 43.1 Å². The maximum atomic E-state index is 11.3. The summed E-state index contributed by atoms with van der Waals surface area (Å²) >= 11 is 1.90. The zero-order chi connectivity index (χ0) is 11.2. The standard InChI is InChI=1S/C14H18OS/c15-13-6-4-5-12(11-13)9-10-16-14-7-2-1-3-8-14/h1-3,7-8,12H,4-6,9-11H2. The average Bonchev–Trinajstić information content (AvgIpc) is 2.30. The lowest BCUT2D eigenvalue weighted by Gasteiger charge is -2.20. The van der Waals surface area contributed by atoms with Crippen molar-refractivity contribution in [2.45, 2.75) is 37.0 Å². The van der Waals surface area contributed by atoms with E-state index in [1.54, 1.807) is 0 Å². The van der Waals surface area contributed by atoms with Crippen LogP contribution >= 0.6 is 11.8 Å². The van der Waals surface area contributed by atoms with Gasteiger partial charge in [-0.2, -0.15) is 0 Å². The Morgan fingerprint density at radius 1 is 1.25 bits per heavy atom. The first-order valence-electron chi connectivity index (χ1n) is 6.04. The van der Waals surface area contributed by atoms with Crippen molar-refractivity contribution < 1.29 is 4.79 Å². The fourth-order valence-electron chi connectivity index (χ4n) is 2.22. The molecule has 0 amide bonds. The molecule has 1 aromatic rings. The van der Waals surface area contributed by atoms with E-state index in [0.717, 1.165) is 25.0 Å². The molecule has 0 radical (unpaired) electrons. The SMILES string of the molecule is O=C1CCCC(CCSc2ccccc2)C1. The predicted molar refractivity (Wildman–Crippen MR) is 68.7 cm³/mol. The van der Waals surface area contributed by atoms with Crippen LogP contribution in [0.3, 0.4) is 0 Å². The normalized spacial score (nSPS) is 21.0. The molecule has 1 atom stereocenters. The number of thioether (sulfide) groups is 1. The van der Waals surface area contributed by atoms with Gasteiger partial charge < -0.3 is 0 Å². The van der Waals surface area contributed by atoms with Crippen molar-refractivity contribution in [2.75, 3.05) is 5.75 Å². The molecule has 0 aliphatic heterocycles. The quantitative estimate of drug-likeness (QED) is 0.734. The van der Waals surface area contributed by atoms with Gasteiger partial charge in [0, 0.05) is 17.7 Å². The molecular weight excluding hydrogens is 216 g/mol. The molecule has 1 aliphatic carbocycles. The van der Waals surface area contributed by atoms with Crippen molar-refractivity contribution in [3.05, 3.63) is 30.3 Å². The van der Waals surface area contributed by atoms with Crippen molar-refractivity contribution in [3.8, 4) is 0 Å². The fraction of sp³-hybridized carbons (Fsp3) is 0.500. The smallest absolute Gasteiger partial charge is 0.133 e. The fourth-order valence-corrected chi connectivity index (χ4v) is 3.26. The lowest BCUT2D eigenvalue weighted by atomic mass is 9.87. The van der Waals surface area contributed by atoms with E-state index in [2.05, 4.69) is 24.3 Å². The van der Waals surface area contributed by atoms with Gasteiger partial charge in [0.25, 0.3) is 0 Å². The van der Waals surface area contributed by atoms with Crippen LogP contribution in [-0.2, 0) is 4.79 Å². The molecule has 1 aliphatic rings. The molecule has 1 nitrogen and oxygen atoms in total. The van der Waals surface area contributed by atoms with Gasteiger partial charge in [-0.3, -0.25) is 4.79 Å². The number of ketones is 1. The Morgan fingerprint density at radius 3 is 2.81 bits per heavy atom. The number of carbonyl (C=O) groups is 1. The lowest BCUT2D eigenvalue weighted by Crippen LogP contribution is -2.15. The Kier molecular flexibility index (Phi) is 4.46. The van der Waals surface area contributed by atoms with Crippen molar-refractivity contribution in [3.63, 3.8) is 0 Å². The van der Waals surface area contributed by atoms with Gasteiger partial charge in [0.15, 0.2) is 0 Å². The topological polar surface area (TPSA) is 17.1 Å². The third-order valence-electron chi connectivity index (χ3n) is 3.12. The number of hydrogen-bond donors (Lipinski definition) is 0. The molecule has 0 N–H and O–H groups in total. The van der Waals surface area contributed by atoms with E-state index in [-0.39, 0.29) is 0 Å². The number of carbonyl (C=O) groups excluding carboxylic acids is 1. The van der Waals surface area contributed by atoms with Crippen LogP contribution in [-0.4, -0.2) is 11.5 Å². The summed E-state index contributed by atoms with van der Waals surface area (Å²) in [6, 6.07) is 10.5. The first-order valence-corrected chi connectivity index (χ1v) is 7.03. The maximum Gasteiger partial charge on any atom is 0.133 e. The van der Waals surface area contributed by atoms with Crippen LogP contribution in [0.2, 0.25) is 0 Å². The molecule has 0 heterocycles.